The predicted octanol–water partition coefficient (Wildman–Crippen LogP) is 5.06. The van der Waals surface area contributed by atoms with Crippen LogP contribution < -0.4 is 16.8 Å². The second-order valence-corrected chi connectivity index (χ2v) is 10.7. The van der Waals surface area contributed by atoms with Gasteiger partial charge in [-0.15, -0.1) is 5.10 Å². The Balaban J connectivity index is 1.13. The number of fused-ring (bicyclic) bond motifs is 1. The van der Waals surface area contributed by atoms with Crippen molar-refractivity contribution in [1.82, 2.24) is 19.5 Å². The summed E-state index contributed by atoms with van der Waals surface area (Å²) in [6, 6.07) is 20.3. The van der Waals surface area contributed by atoms with Gasteiger partial charge in [-0.05, 0) is 74.3 Å². The van der Waals surface area contributed by atoms with Crippen LogP contribution in [0.25, 0.3) is 5.65 Å². The van der Waals surface area contributed by atoms with Crippen molar-refractivity contribution in [1.29, 1.82) is 0 Å². The standard InChI is InChI=1S/C30H35N7O/c31-24-10-6-22(7-11-24)27-19-37-29(34-27)26(18-28(32)35-37)33-25-12-8-23(9-13-25)30(38)36-16-14-21(15-17-36)20-4-2-1-3-5-20/h1-5,8-9,12-13,18-19,21-22,24,33H,6-7,10-11,14-17,31H2,(H2,32,35)/t22-,24-. The van der Waals surface area contributed by atoms with Crippen molar-refractivity contribution in [2.24, 2.45) is 5.73 Å². The van der Waals surface area contributed by atoms with Gasteiger partial charge in [0.1, 0.15) is 5.82 Å². The molecule has 0 bridgehead atoms. The molecule has 6 rings (SSSR count). The molecule has 0 unspecified atom stereocenters. The summed E-state index contributed by atoms with van der Waals surface area (Å²) in [5, 5.41) is 7.87. The molecule has 2 aliphatic rings. The van der Waals surface area contributed by atoms with E-state index in [0.29, 0.717) is 29.3 Å². The first kappa shape index (κ1) is 24.4. The molecule has 3 heterocycles. The van der Waals surface area contributed by atoms with Gasteiger partial charge in [-0.3, -0.25) is 4.79 Å². The van der Waals surface area contributed by atoms with Crippen LogP contribution in [-0.4, -0.2) is 44.5 Å². The van der Waals surface area contributed by atoms with Crippen LogP contribution in [0.4, 0.5) is 17.2 Å². The summed E-state index contributed by atoms with van der Waals surface area (Å²) >= 11 is 0. The molecule has 0 radical (unpaired) electrons. The van der Waals surface area contributed by atoms with Crippen LogP contribution in [0.5, 0.6) is 0 Å². The van der Waals surface area contributed by atoms with Crippen molar-refractivity contribution < 1.29 is 4.79 Å². The number of amides is 1. The number of hydrogen-bond donors (Lipinski definition) is 3. The summed E-state index contributed by atoms with van der Waals surface area (Å²) in [7, 11) is 0. The number of carbonyl (C=O) groups is 1. The molecule has 1 saturated carbocycles. The molecule has 38 heavy (non-hydrogen) atoms. The number of rotatable bonds is 5. The van der Waals surface area contributed by atoms with Gasteiger partial charge < -0.3 is 21.7 Å². The van der Waals surface area contributed by atoms with Gasteiger partial charge in [-0.25, -0.2) is 9.50 Å². The fraction of sp³-hybridized carbons (Fsp3) is 0.367. The lowest BCUT2D eigenvalue weighted by Crippen LogP contribution is -2.37. The zero-order valence-electron chi connectivity index (χ0n) is 21.6. The smallest absolute Gasteiger partial charge is 0.253 e. The van der Waals surface area contributed by atoms with Crippen LogP contribution in [0.1, 0.15) is 72.0 Å². The van der Waals surface area contributed by atoms with E-state index in [9.17, 15) is 4.79 Å². The minimum atomic E-state index is 0.0868. The fourth-order valence-corrected chi connectivity index (χ4v) is 5.89. The zero-order valence-corrected chi connectivity index (χ0v) is 21.6. The average Bonchev–Trinajstić information content (AvgIpc) is 3.38. The molecule has 1 saturated heterocycles. The third-order valence-electron chi connectivity index (χ3n) is 8.12. The van der Waals surface area contributed by atoms with E-state index in [-0.39, 0.29) is 5.91 Å². The predicted molar refractivity (Wildman–Crippen MR) is 151 cm³/mol. The Bertz CT molecular complexity index is 1400. The first-order valence-corrected chi connectivity index (χ1v) is 13.7. The molecule has 8 nitrogen and oxygen atoms in total. The zero-order chi connectivity index (χ0) is 26.1. The number of benzene rings is 2. The first-order chi connectivity index (χ1) is 18.5. The highest BCUT2D eigenvalue weighted by atomic mass is 16.2. The van der Waals surface area contributed by atoms with Gasteiger partial charge in [0.2, 0.25) is 0 Å². The van der Waals surface area contributed by atoms with Crippen LogP contribution in [-0.2, 0) is 0 Å². The Hall–Kier alpha value is -3.91. The van der Waals surface area contributed by atoms with Crippen molar-refractivity contribution in [3.05, 3.63) is 83.7 Å². The van der Waals surface area contributed by atoms with Gasteiger partial charge in [-0.1, -0.05) is 30.3 Å². The molecule has 0 atom stereocenters. The Morgan fingerprint density at radius 1 is 0.895 bits per heavy atom. The molecular formula is C30H35N7O. The summed E-state index contributed by atoms with van der Waals surface area (Å²) in [6.07, 6.45) is 8.11. The number of aromatic nitrogens is 3. The summed E-state index contributed by atoms with van der Waals surface area (Å²) in [5.74, 6) is 1.42. The lowest BCUT2D eigenvalue weighted by atomic mass is 9.85. The fourth-order valence-electron chi connectivity index (χ4n) is 5.89. The molecule has 2 aromatic carbocycles. The van der Waals surface area contributed by atoms with Gasteiger partial charge in [0.25, 0.3) is 5.91 Å². The van der Waals surface area contributed by atoms with Crippen LogP contribution in [0.2, 0.25) is 0 Å². The number of nitrogens with one attached hydrogen (secondary N) is 1. The molecule has 1 aliphatic carbocycles. The molecule has 8 heteroatoms. The number of imidazole rings is 1. The third kappa shape index (κ3) is 5.09. The van der Waals surface area contributed by atoms with E-state index >= 15 is 0 Å². The monoisotopic (exact) mass is 509 g/mol. The van der Waals surface area contributed by atoms with Crippen molar-refractivity contribution in [2.45, 2.75) is 56.4 Å². The van der Waals surface area contributed by atoms with Crippen LogP contribution >= 0.6 is 0 Å². The summed E-state index contributed by atoms with van der Waals surface area (Å²) < 4.78 is 1.76. The normalized spacial score (nSPS) is 20.5. The largest absolute Gasteiger partial charge is 0.382 e. The van der Waals surface area contributed by atoms with Crippen molar-refractivity contribution in [2.75, 3.05) is 24.1 Å². The van der Waals surface area contributed by atoms with Crippen molar-refractivity contribution >= 4 is 28.7 Å². The van der Waals surface area contributed by atoms with E-state index in [1.807, 2.05) is 41.4 Å². The summed E-state index contributed by atoms with van der Waals surface area (Å²) in [6.45, 7) is 1.56. The number of nitrogens with two attached hydrogens (primary N) is 2. The molecule has 196 valence electrons. The van der Waals surface area contributed by atoms with Gasteiger partial charge in [0, 0.05) is 42.4 Å². The lowest BCUT2D eigenvalue weighted by molar-refractivity contribution is 0.0713. The number of hydrogen-bond acceptors (Lipinski definition) is 6. The van der Waals surface area contributed by atoms with Gasteiger partial charge >= 0.3 is 0 Å². The number of piperidine rings is 1. The van der Waals surface area contributed by atoms with E-state index < -0.39 is 0 Å². The highest BCUT2D eigenvalue weighted by Gasteiger charge is 2.25. The molecule has 5 N–H and O–H groups in total. The Labute approximate surface area is 223 Å². The lowest BCUT2D eigenvalue weighted by Gasteiger charge is -2.32. The van der Waals surface area contributed by atoms with Crippen molar-refractivity contribution in [3.8, 4) is 0 Å². The van der Waals surface area contributed by atoms with Gasteiger partial charge in [0.05, 0.1) is 17.6 Å². The maximum atomic E-state index is 13.2. The SMILES string of the molecule is Nc1cc(Nc2ccc(C(=O)N3CCC(c4ccccc4)CC3)cc2)c2nc([C@H]3CC[C@H](N)CC3)cn2n1. The molecular weight excluding hydrogens is 474 g/mol. The number of anilines is 3. The third-order valence-corrected chi connectivity index (χ3v) is 8.12. The van der Waals surface area contributed by atoms with E-state index in [0.717, 1.165) is 74.3 Å². The van der Waals surface area contributed by atoms with Crippen LogP contribution in [0, 0.1) is 0 Å². The number of carbonyl (C=O) groups excluding carboxylic acids is 1. The quantitative estimate of drug-likeness (QED) is 0.346. The highest BCUT2D eigenvalue weighted by molar-refractivity contribution is 5.94. The average molecular weight is 510 g/mol. The maximum Gasteiger partial charge on any atom is 0.253 e. The number of likely N-dealkylation sites (tertiary alicyclic amines) is 1. The van der Waals surface area contributed by atoms with E-state index in [1.165, 1.54) is 5.56 Å². The molecule has 4 aromatic rings. The van der Waals surface area contributed by atoms with Gasteiger partial charge in [-0.2, -0.15) is 0 Å². The Morgan fingerprint density at radius 3 is 2.32 bits per heavy atom. The van der Waals surface area contributed by atoms with Gasteiger partial charge in [0.15, 0.2) is 5.65 Å². The highest BCUT2D eigenvalue weighted by Crippen LogP contribution is 2.33. The molecule has 2 aromatic heterocycles. The number of nitrogens with zero attached hydrogens (tertiary/aromatic N) is 4. The summed E-state index contributed by atoms with van der Waals surface area (Å²) in [4.78, 5) is 20.1. The summed E-state index contributed by atoms with van der Waals surface area (Å²) in [5.41, 5.74) is 17.7. The molecule has 2 fully saturated rings. The van der Waals surface area contributed by atoms with Crippen molar-refractivity contribution in [3.63, 3.8) is 0 Å². The number of nitrogen functional groups attached to an aromatic ring is 1. The van der Waals surface area contributed by atoms with E-state index in [2.05, 4.69) is 34.7 Å². The van der Waals surface area contributed by atoms with Crippen LogP contribution in [0.15, 0.2) is 66.9 Å². The Morgan fingerprint density at radius 2 is 1.61 bits per heavy atom. The van der Waals surface area contributed by atoms with E-state index in [1.54, 1.807) is 10.6 Å². The minimum absolute atomic E-state index is 0.0868. The maximum absolute atomic E-state index is 13.2. The molecule has 1 amide bonds. The molecule has 0 spiro atoms. The second kappa shape index (κ2) is 10.5. The first-order valence-electron chi connectivity index (χ1n) is 13.7. The second-order valence-electron chi connectivity index (χ2n) is 10.7. The topological polar surface area (TPSA) is 115 Å². The Kier molecular flexibility index (Phi) is 6.72. The van der Waals surface area contributed by atoms with E-state index in [4.69, 9.17) is 16.5 Å². The minimum Gasteiger partial charge on any atom is -0.382 e. The molecule has 1 aliphatic heterocycles. The van der Waals surface area contributed by atoms with Crippen LogP contribution in [0.3, 0.4) is 0 Å².